The van der Waals surface area contributed by atoms with Crippen molar-refractivity contribution in [3.05, 3.63) is 34.7 Å². The number of ether oxygens (including phenoxy) is 1. The molecule has 0 spiro atoms. The lowest BCUT2D eigenvalue weighted by Crippen LogP contribution is -2.51. The minimum Gasteiger partial charge on any atom is -0.445 e. The number of aromatic amines is 1. The summed E-state index contributed by atoms with van der Waals surface area (Å²) in [6, 6.07) is 7.29. The number of aromatic nitrogens is 2. The summed E-state index contributed by atoms with van der Waals surface area (Å²) in [6.07, 6.45) is 2.26. The van der Waals surface area contributed by atoms with Gasteiger partial charge in [0.1, 0.15) is 6.10 Å². The summed E-state index contributed by atoms with van der Waals surface area (Å²) in [5, 5.41) is 7.68. The first-order valence-electron chi connectivity index (χ1n) is 8.07. The van der Waals surface area contributed by atoms with E-state index < -0.39 is 11.8 Å². The van der Waals surface area contributed by atoms with Crippen LogP contribution in [0.25, 0.3) is 11.0 Å². The van der Waals surface area contributed by atoms with Crippen molar-refractivity contribution in [3.8, 4) is 0 Å². The highest BCUT2D eigenvalue weighted by Crippen LogP contribution is 2.36. The predicted molar refractivity (Wildman–Crippen MR) is 88.0 cm³/mol. The summed E-state index contributed by atoms with van der Waals surface area (Å²) in [4.78, 5) is 29.1. The average Bonchev–Trinajstić information content (AvgIpc) is 3.01. The number of guanidine groups is 1. The molecule has 2 unspecified atom stereocenters. The van der Waals surface area contributed by atoms with Crippen LogP contribution in [0, 0.1) is 5.41 Å². The van der Waals surface area contributed by atoms with Crippen LogP contribution < -0.4 is 11.4 Å². The number of imidazole rings is 1. The van der Waals surface area contributed by atoms with Crippen molar-refractivity contribution < 1.29 is 9.53 Å². The fourth-order valence-electron chi connectivity index (χ4n) is 4.05. The second kappa shape index (κ2) is 5.40. The van der Waals surface area contributed by atoms with Gasteiger partial charge in [0.2, 0.25) is 0 Å². The van der Waals surface area contributed by atoms with Crippen LogP contribution in [0.4, 0.5) is 4.79 Å². The molecule has 2 saturated heterocycles. The molecule has 8 heteroatoms. The maximum atomic E-state index is 12.5. The Labute approximate surface area is 137 Å². The van der Waals surface area contributed by atoms with Gasteiger partial charge in [-0.15, -0.1) is 0 Å². The highest BCUT2D eigenvalue weighted by molar-refractivity contribution is 5.86. The van der Waals surface area contributed by atoms with Gasteiger partial charge in [-0.1, -0.05) is 12.1 Å². The quantitative estimate of drug-likeness (QED) is 0.537. The number of rotatable bonds is 1. The average molecular weight is 329 g/mol. The van der Waals surface area contributed by atoms with Crippen LogP contribution >= 0.6 is 0 Å². The Kier molecular flexibility index (Phi) is 3.33. The normalized spacial score (nSPS) is 25.8. The largest absolute Gasteiger partial charge is 0.445 e. The molecule has 2 aliphatic rings. The van der Waals surface area contributed by atoms with Crippen molar-refractivity contribution in [2.45, 2.75) is 43.9 Å². The number of nitrogens with two attached hydrogens (primary N) is 1. The van der Waals surface area contributed by atoms with Crippen molar-refractivity contribution in [2.75, 3.05) is 0 Å². The molecule has 126 valence electrons. The number of hydrogen-bond donors (Lipinski definition) is 3. The first-order chi connectivity index (χ1) is 11.5. The minimum atomic E-state index is -0.655. The number of carbonyl (C=O) groups is 1. The maximum Gasteiger partial charge on any atom is 0.423 e. The van der Waals surface area contributed by atoms with Crippen LogP contribution in [-0.4, -0.2) is 44.7 Å². The van der Waals surface area contributed by atoms with E-state index in [9.17, 15) is 9.59 Å². The summed E-state index contributed by atoms with van der Waals surface area (Å²) in [5.74, 6) is 0.0834. The van der Waals surface area contributed by atoms with Crippen LogP contribution in [0.2, 0.25) is 0 Å². The lowest BCUT2D eigenvalue weighted by Gasteiger charge is -2.38. The fraction of sp³-hybridized carbons (Fsp3) is 0.438. The number of benzene rings is 1. The number of fused-ring (bicyclic) bond motifs is 3. The Morgan fingerprint density at radius 1 is 1.25 bits per heavy atom. The highest BCUT2D eigenvalue weighted by Gasteiger charge is 2.43. The van der Waals surface area contributed by atoms with E-state index in [1.165, 1.54) is 0 Å². The second-order valence-electron chi connectivity index (χ2n) is 6.44. The van der Waals surface area contributed by atoms with E-state index in [1.54, 1.807) is 24.3 Å². The number of H-pyrrole nitrogens is 1. The second-order valence-corrected chi connectivity index (χ2v) is 6.44. The molecule has 0 saturated carbocycles. The topological polar surface area (TPSA) is 117 Å². The number of piperidine rings is 1. The number of nitrogens with zero attached hydrogens (tertiary/aromatic N) is 2. The van der Waals surface area contributed by atoms with Gasteiger partial charge in [-0.05, 0) is 25.0 Å². The van der Waals surface area contributed by atoms with Crippen molar-refractivity contribution in [3.63, 3.8) is 0 Å². The Balaban J connectivity index is 1.54. The number of hydrogen-bond acceptors (Lipinski definition) is 4. The lowest BCUT2D eigenvalue weighted by atomic mass is 10.0. The van der Waals surface area contributed by atoms with Gasteiger partial charge in [-0.2, -0.15) is 4.57 Å². The van der Waals surface area contributed by atoms with Crippen LogP contribution in [0.1, 0.15) is 25.7 Å². The van der Waals surface area contributed by atoms with E-state index in [2.05, 4.69) is 4.98 Å². The molecule has 2 aromatic rings. The number of nitrogens with one attached hydrogen (secondary N) is 2. The van der Waals surface area contributed by atoms with Crippen LogP contribution in [-0.2, 0) is 4.74 Å². The maximum absolute atomic E-state index is 12.5. The van der Waals surface area contributed by atoms with Crippen molar-refractivity contribution in [1.29, 1.82) is 5.41 Å². The van der Waals surface area contributed by atoms with Gasteiger partial charge in [0.05, 0.1) is 11.0 Å². The van der Waals surface area contributed by atoms with E-state index in [-0.39, 0.29) is 24.1 Å². The molecule has 0 radical (unpaired) electrons. The lowest BCUT2D eigenvalue weighted by molar-refractivity contribution is 0.0424. The number of para-hydroxylation sites is 2. The van der Waals surface area contributed by atoms with Crippen LogP contribution in [0.3, 0.4) is 0 Å². The third-order valence-corrected chi connectivity index (χ3v) is 5.01. The minimum absolute atomic E-state index is 0.0834. The summed E-state index contributed by atoms with van der Waals surface area (Å²) >= 11 is 0. The van der Waals surface area contributed by atoms with Gasteiger partial charge in [-0.25, -0.2) is 9.59 Å². The van der Waals surface area contributed by atoms with Crippen LogP contribution in [0.5, 0.6) is 0 Å². The Morgan fingerprint density at radius 2 is 1.92 bits per heavy atom. The molecule has 3 heterocycles. The van der Waals surface area contributed by atoms with Crippen molar-refractivity contribution in [1.82, 2.24) is 14.5 Å². The molecule has 1 aromatic carbocycles. The van der Waals surface area contributed by atoms with Crippen LogP contribution in [0.15, 0.2) is 29.1 Å². The van der Waals surface area contributed by atoms with Gasteiger partial charge in [0.25, 0.3) is 0 Å². The SMILES string of the molecule is N=C(N)N1C2CCC1CC(OC(=O)n1c(=O)[nH]c3ccccc31)C2. The van der Waals surface area contributed by atoms with Crippen molar-refractivity contribution in [2.24, 2.45) is 5.73 Å². The molecule has 2 bridgehead atoms. The summed E-state index contributed by atoms with van der Waals surface area (Å²) in [5.41, 5.74) is 6.26. The molecule has 24 heavy (non-hydrogen) atoms. The van der Waals surface area contributed by atoms with E-state index in [4.69, 9.17) is 15.9 Å². The number of carbonyl (C=O) groups excluding carboxylic acids is 1. The smallest absolute Gasteiger partial charge is 0.423 e. The molecule has 8 nitrogen and oxygen atoms in total. The van der Waals surface area contributed by atoms with Gasteiger partial charge < -0.3 is 20.4 Å². The molecule has 2 fully saturated rings. The molecule has 0 aliphatic carbocycles. The summed E-state index contributed by atoms with van der Waals surface area (Å²) in [6.45, 7) is 0. The zero-order valence-corrected chi connectivity index (χ0v) is 13.1. The zero-order chi connectivity index (χ0) is 16.8. The zero-order valence-electron chi connectivity index (χ0n) is 13.1. The van der Waals surface area contributed by atoms with E-state index >= 15 is 0 Å². The fourth-order valence-corrected chi connectivity index (χ4v) is 4.05. The standard InChI is InChI=1S/C16H19N5O3/c17-14(18)20-9-5-6-10(20)8-11(7-9)24-16(23)21-13-4-2-1-3-12(13)19-15(21)22/h1-4,9-11H,5-8H2,(H3,17,18)(H,19,22). The molecule has 0 amide bonds. The monoisotopic (exact) mass is 329 g/mol. The van der Waals surface area contributed by atoms with E-state index in [0.29, 0.717) is 23.9 Å². The Morgan fingerprint density at radius 3 is 2.58 bits per heavy atom. The van der Waals surface area contributed by atoms with E-state index in [1.807, 2.05) is 4.90 Å². The van der Waals surface area contributed by atoms with Gasteiger partial charge in [0, 0.05) is 24.9 Å². The third kappa shape index (κ3) is 2.26. The molecule has 4 N–H and O–H groups in total. The van der Waals surface area contributed by atoms with Crippen molar-refractivity contribution >= 4 is 23.1 Å². The predicted octanol–water partition coefficient (Wildman–Crippen LogP) is 1.20. The Hall–Kier alpha value is -2.77. The summed E-state index contributed by atoms with van der Waals surface area (Å²) < 4.78 is 6.64. The van der Waals surface area contributed by atoms with Gasteiger partial charge in [0.15, 0.2) is 5.96 Å². The molecular weight excluding hydrogens is 310 g/mol. The third-order valence-electron chi connectivity index (χ3n) is 5.01. The van der Waals surface area contributed by atoms with E-state index in [0.717, 1.165) is 17.4 Å². The molecule has 4 rings (SSSR count). The molecule has 2 atom stereocenters. The Bertz CT molecular complexity index is 856. The molecule has 2 aliphatic heterocycles. The van der Waals surface area contributed by atoms with Gasteiger partial charge >= 0.3 is 11.8 Å². The molecule has 1 aromatic heterocycles. The van der Waals surface area contributed by atoms with Gasteiger partial charge in [-0.3, -0.25) is 5.41 Å². The summed E-state index contributed by atoms with van der Waals surface area (Å²) in [7, 11) is 0. The first kappa shape index (κ1) is 14.8. The first-order valence-corrected chi connectivity index (χ1v) is 8.07. The molecular formula is C16H19N5O3. The highest BCUT2D eigenvalue weighted by atomic mass is 16.6.